The topological polar surface area (TPSA) is 139 Å². The van der Waals surface area contributed by atoms with Gasteiger partial charge in [-0.25, -0.2) is 8.42 Å². The lowest BCUT2D eigenvalue weighted by Gasteiger charge is -2.29. The smallest absolute Gasteiger partial charge is 0.255 e. The molecule has 150 valence electrons. The van der Waals surface area contributed by atoms with Gasteiger partial charge >= 0.3 is 0 Å². The van der Waals surface area contributed by atoms with Gasteiger partial charge in [0.05, 0.1) is 11.5 Å². The number of sulfone groups is 1. The van der Waals surface area contributed by atoms with E-state index < -0.39 is 27.8 Å². The molecule has 3 amide bonds. The Morgan fingerprint density at radius 3 is 2.68 bits per heavy atom. The Hall–Kier alpha value is -2.30. The van der Waals surface area contributed by atoms with Crippen LogP contribution in [0.15, 0.2) is 18.2 Å². The van der Waals surface area contributed by atoms with Crippen LogP contribution in [0.5, 0.6) is 0 Å². The molecule has 0 aliphatic carbocycles. The molecular weight excluding hydrogens is 384 g/mol. The van der Waals surface area contributed by atoms with E-state index in [0.29, 0.717) is 25.1 Å². The van der Waals surface area contributed by atoms with Crippen LogP contribution >= 0.6 is 0 Å². The zero-order valence-electron chi connectivity index (χ0n) is 15.2. The highest BCUT2D eigenvalue weighted by atomic mass is 32.2. The van der Waals surface area contributed by atoms with E-state index >= 15 is 0 Å². The average Bonchev–Trinajstić information content (AvgIpc) is 3.08. The van der Waals surface area contributed by atoms with E-state index in [1.807, 2.05) is 12.1 Å². The van der Waals surface area contributed by atoms with Gasteiger partial charge in [0, 0.05) is 37.2 Å². The van der Waals surface area contributed by atoms with Crippen molar-refractivity contribution in [1.82, 2.24) is 15.5 Å². The Morgan fingerprint density at radius 2 is 2.00 bits per heavy atom. The Bertz CT molecular complexity index is 961. The summed E-state index contributed by atoms with van der Waals surface area (Å²) in [5, 5.41) is 5.47. The molecule has 3 unspecified atom stereocenters. The summed E-state index contributed by atoms with van der Waals surface area (Å²) in [7, 11) is -3.10. The summed E-state index contributed by atoms with van der Waals surface area (Å²) in [6.07, 6.45) is 0.545. The lowest BCUT2D eigenvalue weighted by atomic mass is 10.0. The van der Waals surface area contributed by atoms with Crippen LogP contribution < -0.4 is 16.4 Å². The molecule has 0 aromatic heterocycles. The monoisotopic (exact) mass is 406 g/mol. The van der Waals surface area contributed by atoms with Gasteiger partial charge in [0.2, 0.25) is 11.8 Å². The molecule has 10 heteroatoms. The number of hydrogen-bond acceptors (Lipinski definition) is 7. The van der Waals surface area contributed by atoms with Crippen molar-refractivity contribution in [2.24, 2.45) is 5.73 Å². The number of rotatable bonds is 4. The van der Waals surface area contributed by atoms with E-state index in [1.165, 1.54) is 4.90 Å². The van der Waals surface area contributed by atoms with E-state index in [2.05, 4.69) is 10.6 Å². The molecule has 4 N–H and O–H groups in total. The third-order valence-electron chi connectivity index (χ3n) is 5.55. The Balaban J connectivity index is 1.44. The number of carbonyl (C=O) groups excluding carboxylic acids is 3. The van der Waals surface area contributed by atoms with E-state index in [-0.39, 0.29) is 35.8 Å². The molecule has 0 saturated carbocycles. The van der Waals surface area contributed by atoms with Crippen molar-refractivity contribution >= 4 is 27.6 Å². The number of hydrogen-bond donors (Lipinski definition) is 3. The summed E-state index contributed by atoms with van der Waals surface area (Å²) in [6.45, 7) is 0.749. The van der Waals surface area contributed by atoms with Gasteiger partial charge in [0.25, 0.3) is 5.91 Å². The van der Waals surface area contributed by atoms with Gasteiger partial charge in [-0.1, -0.05) is 12.1 Å². The molecule has 1 aromatic carbocycles. The average molecular weight is 406 g/mol. The molecular formula is C18H22N4O5S. The zero-order chi connectivity index (χ0) is 20.1. The number of carbonyl (C=O) groups is 3. The number of imide groups is 1. The van der Waals surface area contributed by atoms with Crippen LogP contribution in [-0.4, -0.2) is 60.7 Å². The van der Waals surface area contributed by atoms with Crippen molar-refractivity contribution in [3.63, 3.8) is 0 Å². The highest BCUT2D eigenvalue weighted by Gasteiger charge is 2.39. The van der Waals surface area contributed by atoms with Gasteiger partial charge in [-0.05, 0) is 23.6 Å². The molecule has 0 bridgehead atoms. The van der Waals surface area contributed by atoms with E-state index in [0.717, 1.165) is 11.1 Å². The first kappa shape index (κ1) is 19.0. The molecule has 3 atom stereocenters. The third-order valence-corrected chi connectivity index (χ3v) is 7.31. The van der Waals surface area contributed by atoms with Gasteiger partial charge in [-0.2, -0.15) is 0 Å². The molecule has 28 heavy (non-hydrogen) atoms. The van der Waals surface area contributed by atoms with E-state index in [4.69, 9.17) is 5.73 Å². The van der Waals surface area contributed by atoms with Crippen LogP contribution in [0.2, 0.25) is 0 Å². The van der Waals surface area contributed by atoms with E-state index in [9.17, 15) is 22.8 Å². The lowest BCUT2D eigenvalue weighted by Crippen LogP contribution is -2.52. The van der Waals surface area contributed by atoms with Crippen molar-refractivity contribution in [2.45, 2.75) is 44.1 Å². The molecule has 0 radical (unpaired) electrons. The summed E-state index contributed by atoms with van der Waals surface area (Å²) in [6, 6.07) is 4.07. The van der Waals surface area contributed by atoms with Crippen LogP contribution in [0, 0.1) is 0 Å². The van der Waals surface area contributed by atoms with Gasteiger partial charge in [-0.3, -0.25) is 19.7 Å². The Morgan fingerprint density at radius 1 is 1.21 bits per heavy atom. The number of benzene rings is 1. The highest BCUT2D eigenvalue weighted by Crippen LogP contribution is 2.28. The first-order valence-electron chi connectivity index (χ1n) is 9.19. The number of nitrogens with zero attached hydrogens (tertiary/aromatic N) is 1. The maximum atomic E-state index is 12.7. The number of fused-ring (bicyclic) bond motifs is 1. The van der Waals surface area contributed by atoms with Crippen LogP contribution in [0.4, 0.5) is 0 Å². The van der Waals surface area contributed by atoms with Crippen molar-refractivity contribution < 1.29 is 22.8 Å². The zero-order valence-corrected chi connectivity index (χ0v) is 16.0. The third kappa shape index (κ3) is 3.54. The number of piperidine rings is 1. The number of amides is 3. The van der Waals surface area contributed by atoms with E-state index in [1.54, 1.807) is 6.07 Å². The summed E-state index contributed by atoms with van der Waals surface area (Å²) in [5.41, 5.74) is 8.17. The predicted molar refractivity (Wildman–Crippen MR) is 99.7 cm³/mol. The second-order valence-corrected chi connectivity index (χ2v) is 9.77. The molecule has 9 nitrogen and oxygen atoms in total. The minimum Gasteiger partial charge on any atom is -0.325 e. The maximum Gasteiger partial charge on any atom is 0.255 e. The van der Waals surface area contributed by atoms with Crippen molar-refractivity contribution in [2.75, 3.05) is 11.5 Å². The fourth-order valence-corrected chi connectivity index (χ4v) is 5.94. The summed E-state index contributed by atoms with van der Waals surface area (Å²) in [5.74, 6) is -0.944. The van der Waals surface area contributed by atoms with Crippen molar-refractivity contribution in [1.29, 1.82) is 0 Å². The fraction of sp³-hybridized carbons (Fsp3) is 0.500. The predicted octanol–water partition coefficient (Wildman–Crippen LogP) is -1.34. The lowest BCUT2D eigenvalue weighted by molar-refractivity contribution is -0.136. The molecule has 2 fully saturated rings. The van der Waals surface area contributed by atoms with Gasteiger partial charge < -0.3 is 16.0 Å². The minimum absolute atomic E-state index is 0.00965. The SMILES string of the molecule is NC1CS(=O)(=O)CC1NCc1ccc2c(c1)CN(C1CCC(=O)NC1=O)C2=O. The van der Waals surface area contributed by atoms with Gasteiger partial charge in [0.1, 0.15) is 6.04 Å². The first-order chi connectivity index (χ1) is 13.2. The minimum atomic E-state index is -3.10. The fourth-order valence-electron chi connectivity index (χ4n) is 4.07. The number of nitrogens with two attached hydrogens (primary N) is 1. The maximum absolute atomic E-state index is 12.7. The Labute approximate surface area is 162 Å². The summed E-state index contributed by atoms with van der Waals surface area (Å²) < 4.78 is 23.3. The van der Waals surface area contributed by atoms with Gasteiger partial charge in [0.15, 0.2) is 9.84 Å². The van der Waals surface area contributed by atoms with Gasteiger partial charge in [-0.15, -0.1) is 0 Å². The van der Waals surface area contributed by atoms with Crippen LogP contribution in [-0.2, 0) is 32.5 Å². The van der Waals surface area contributed by atoms with Crippen molar-refractivity contribution in [3.8, 4) is 0 Å². The molecule has 3 aliphatic rings. The van der Waals surface area contributed by atoms with Crippen LogP contribution in [0.25, 0.3) is 0 Å². The molecule has 4 rings (SSSR count). The standard InChI is InChI=1S/C18H22N4O5S/c19-13-8-28(26,27)9-14(13)20-6-10-1-2-12-11(5-10)7-22(18(12)25)15-3-4-16(23)21-17(15)24/h1-2,5,13-15,20H,3-4,6-9,19H2,(H,21,23,24). The first-order valence-corrected chi connectivity index (χ1v) is 11.0. The van der Waals surface area contributed by atoms with Crippen LogP contribution in [0.1, 0.15) is 34.3 Å². The normalized spacial score (nSPS) is 29.1. The second kappa shape index (κ2) is 6.94. The largest absolute Gasteiger partial charge is 0.325 e. The molecule has 3 heterocycles. The van der Waals surface area contributed by atoms with Crippen LogP contribution in [0.3, 0.4) is 0 Å². The quantitative estimate of drug-likeness (QED) is 0.526. The second-order valence-electron chi connectivity index (χ2n) is 7.62. The summed E-state index contributed by atoms with van der Waals surface area (Å²) in [4.78, 5) is 37.6. The summed E-state index contributed by atoms with van der Waals surface area (Å²) >= 11 is 0. The molecule has 3 aliphatic heterocycles. The Kier molecular flexibility index (Phi) is 4.72. The molecule has 1 aromatic rings. The number of nitrogens with one attached hydrogen (secondary N) is 2. The van der Waals surface area contributed by atoms with Crippen molar-refractivity contribution in [3.05, 3.63) is 34.9 Å². The highest BCUT2D eigenvalue weighted by molar-refractivity contribution is 7.91. The molecule has 0 spiro atoms. The molecule has 2 saturated heterocycles.